The maximum absolute atomic E-state index is 5.42. The summed E-state index contributed by atoms with van der Waals surface area (Å²) in [5, 5.41) is 1.40. The standard InChI is InChI=1S/C30H38N4O/c1-4-20-14-23(6-5-7-27-29(20)32-18-31-27)30-28(19(2)3)25-15-22(8-9-26(25)33-30)21-10-12-34(13-11-21)24-16-35-17-24/h6,8-9,14-15,18-19,21,24,27,33H,4-5,7,10-13,16-17H2,1-3H3/b20-14-,23-6+. The Bertz CT molecular complexity index is 1220. The minimum absolute atomic E-state index is 0.233. The van der Waals surface area contributed by atoms with Crippen molar-refractivity contribution < 1.29 is 4.74 Å². The number of hydrogen-bond donors (Lipinski definition) is 1. The molecule has 0 radical (unpaired) electrons. The molecule has 2 aromatic rings. The van der Waals surface area contributed by atoms with Crippen molar-refractivity contribution in [3.63, 3.8) is 0 Å². The van der Waals surface area contributed by atoms with E-state index >= 15 is 0 Å². The molecule has 6 rings (SSSR count). The molecule has 1 N–H and O–H groups in total. The highest BCUT2D eigenvalue weighted by molar-refractivity contribution is 6.11. The molecule has 2 fully saturated rings. The Morgan fingerprint density at radius 1 is 1.14 bits per heavy atom. The Hall–Kier alpha value is -2.50. The van der Waals surface area contributed by atoms with Crippen LogP contribution in [0.5, 0.6) is 0 Å². The summed E-state index contributed by atoms with van der Waals surface area (Å²) in [4.78, 5) is 15.7. The van der Waals surface area contributed by atoms with Crippen LogP contribution in [0.2, 0.25) is 0 Å². The van der Waals surface area contributed by atoms with E-state index in [1.165, 1.54) is 70.5 Å². The van der Waals surface area contributed by atoms with Gasteiger partial charge in [-0.1, -0.05) is 32.9 Å². The molecule has 1 atom stereocenters. The number of fused-ring (bicyclic) bond motifs is 2. The molecule has 35 heavy (non-hydrogen) atoms. The average molecular weight is 471 g/mol. The number of nitrogens with one attached hydrogen (secondary N) is 1. The van der Waals surface area contributed by atoms with Crippen LogP contribution in [-0.2, 0) is 4.74 Å². The highest BCUT2D eigenvalue weighted by Gasteiger charge is 2.30. The van der Waals surface area contributed by atoms with Gasteiger partial charge in [0.2, 0.25) is 0 Å². The maximum atomic E-state index is 5.42. The molecule has 4 aliphatic rings. The van der Waals surface area contributed by atoms with Crippen LogP contribution >= 0.6 is 0 Å². The van der Waals surface area contributed by atoms with Crippen molar-refractivity contribution in [2.45, 2.75) is 76.8 Å². The Morgan fingerprint density at radius 2 is 1.97 bits per heavy atom. The summed E-state index contributed by atoms with van der Waals surface area (Å²) >= 11 is 0. The second kappa shape index (κ2) is 9.51. The van der Waals surface area contributed by atoms with Gasteiger partial charge in [-0.3, -0.25) is 9.89 Å². The van der Waals surface area contributed by atoms with Crippen LogP contribution in [-0.4, -0.2) is 60.3 Å². The fraction of sp³-hybridized carbons (Fsp3) is 0.533. The number of rotatable bonds is 5. The van der Waals surface area contributed by atoms with E-state index in [0.717, 1.165) is 32.5 Å². The first-order valence-corrected chi connectivity index (χ1v) is 13.6. The molecule has 184 valence electrons. The minimum atomic E-state index is 0.233. The summed E-state index contributed by atoms with van der Waals surface area (Å²) in [6.45, 7) is 11.1. The number of aromatic amines is 1. The molecule has 0 bridgehead atoms. The molecular formula is C30H38N4O. The molecule has 1 aromatic carbocycles. The lowest BCUT2D eigenvalue weighted by atomic mass is 9.86. The van der Waals surface area contributed by atoms with Crippen molar-refractivity contribution in [3.8, 4) is 0 Å². The topological polar surface area (TPSA) is 53.0 Å². The van der Waals surface area contributed by atoms with E-state index in [1.54, 1.807) is 6.34 Å². The third-order valence-corrected chi connectivity index (χ3v) is 8.47. The van der Waals surface area contributed by atoms with E-state index in [0.29, 0.717) is 17.9 Å². The van der Waals surface area contributed by atoms with Gasteiger partial charge in [-0.15, -0.1) is 0 Å². The largest absolute Gasteiger partial charge is 0.378 e. The molecule has 0 spiro atoms. The molecule has 1 aromatic heterocycles. The fourth-order valence-corrected chi connectivity index (χ4v) is 6.36. The highest BCUT2D eigenvalue weighted by Crippen LogP contribution is 2.38. The molecule has 0 amide bonds. The smallest absolute Gasteiger partial charge is 0.111 e. The van der Waals surface area contributed by atoms with Gasteiger partial charge < -0.3 is 9.72 Å². The first-order chi connectivity index (χ1) is 17.1. The van der Waals surface area contributed by atoms with E-state index in [9.17, 15) is 0 Å². The summed E-state index contributed by atoms with van der Waals surface area (Å²) in [6, 6.07) is 8.08. The van der Waals surface area contributed by atoms with E-state index in [2.05, 4.69) is 71.0 Å². The van der Waals surface area contributed by atoms with Crippen LogP contribution in [0.3, 0.4) is 0 Å². The summed E-state index contributed by atoms with van der Waals surface area (Å²) in [5.74, 6) is 1.10. The van der Waals surface area contributed by atoms with Crippen LogP contribution in [0.15, 0.2) is 45.9 Å². The first kappa shape index (κ1) is 22.9. The summed E-state index contributed by atoms with van der Waals surface area (Å²) in [7, 11) is 0. The van der Waals surface area contributed by atoms with Crippen molar-refractivity contribution in [1.82, 2.24) is 9.88 Å². The molecule has 4 heterocycles. The number of aromatic nitrogens is 1. The van der Waals surface area contributed by atoms with Gasteiger partial charge in [-0.25, -0.2) is 4.99 Å². The third kappa shape index (κ3) is 4.23. The normalized spacial score (nSPS) is 27.1. The van der Waals surface area contributed by atoms with Crippen molar-refractivity contribution in [1.29, 1.82) is 0 Å². The number of hydrogen-bond acceptors (Lipinski definition) is 4. The predicted octanol–water partition coefficient (Wildman–Crippen LogP) is 6.23. The van der Waals surface area contributed by atoms with Crippen LogP contribution in [0.4, 0.5) is 0 Å². The third-order valence-electron chi connectivity index (χ3n) is 8.47. The fourth-order valence-electron chi connectivity index (χ4n) is 6.36. The molecule has 0 saturated carbocycles. The zero-order valence-electron chi connectivity index (χ0n) is 21.4. The number of aliphatic imine (C=N–C) groups is 2. The molecule has 1 aliphatic carbocycles. The Balaban J connectivity index is 1.33. The number of allylic oxidation sites excluding steroid dienone is 3. The van der Waals surface area contributed by atoms with Gasteiger partial charge in [0.25, 0.3) is 0 Å². The van der Waals surface area contributed by atoms with Crippen LogP contribution in [0.1, 0.15) is 81.5 Å². The predicted molar refractivity (Wildman–Crippen MR) is 146 cm³/mol. The van der Waals surface area contributed by atoms with E-state index in [-0.39, 0.29) is 6.04 Å². The lowest BCUT2D eigenvalue weighted by Gasteiger charge is -2.41. The van der Waals surface area contributed by atoms with Gasteiger partial charge in [0.05, 0.1) is 31.0 Å². The van der Waals surface area contributed by atoms with Gasteiger partial charge in [0, 0.05) is 16.6 Å². The Kier molecular flexibility index (Phi) is 6.23. The van der Waals surface area contributed by atoms with Crippen LogP contribution in [0, 0.1) is 0 Å². The first-order valence-electron chi connectivity index (χ1n) is 13.6. The Labute approximate surface area is 209 Å². The highest BCUT2D eigenvalue weighted by atomic mass is 16.5. The van der Waals surface area contributed by atoms with Gasteiger partial charge in [-0.05, 0) is 97.5 Å². The van der Waals surface area contributed by atoms with E-state index < -0.39 is 0 Å². The van der Waals surface area contributed by atoms with Crippen molar-refractivity contribution in [3.05, 3.63) is 52.7 Å². The van der Waals surface area contributed by atoms with Gasteiger partial charge in [0.15, 0.2) is 0 Å². The zero-order chi connectivity index (χ0) is 23.9. The number of piperidine rings is 1. The molecule has 5 nitrogen and oxygen atoms in total. The van der Waals surface area contributed by atoms with Crippen molar-refractivity contribution >= 4 is 28.5 Å². The number of H-pyrrole nitrogens is 1. The van der Waals surface area contributed by atoms with Crippen LogP contribution < -0.4 is 0 Å². The number of nitrogens with zero attached hydrogens (tertiary/aromatic N) is 3. The molecule has 3 aliphatic heterocycles. The quantitative estimate of drug-likeness (QED) is 0.563. The molecule has 2 saturated heterocycles. The van der Waals surface area contributed by atoms with Gasteiger partial charge >= 0.3 is 0 Å². The number of ether oxygens (including phenoxy) is 1. The average Bonchev–Trinajstić information content (AvgIpc) is 3.43. The van der Waals surface area contributed by atoms with Crippen molar-refractivity contribution in [2.75, 3.05) is 26.3 Å². The van der Waals surface area contributed by atoms with Crippen LogP contribution in [0.25, 0.3) is 16.5 Å². The lowest BCUT2D eigenvalue weighted by molar-refractivity contribution is -0.0712. The molecular weight excluding hydrogens is 432 g/mol. The second-order valence-corrected chi connectivity index (χ2v) is 10.9. The summed E-state index contributed by atoms with van der Waals surface area (Å²) in [5.41, 5.74) is 9.30. The minimum Gasteiger partial charge on any atom is -0.378 e. The summed E-state index contributed by atoms with van der Waals surface area (Å²) < 4.78 is 5.42. The molecule has 5 heteroatoms. The van der Waals surface area contributed by atoms with E-state index in [1.807, 2.05) is 0 Å². The number of benzene rings is 1. The lowest BCUT2D eigenvalue weighted by Crippen LogP contribution is -2.51. The van der Waals surface area contributed by atoms with Crippen molar-refractivity contribution in [2.24, 2.45) is 9.98 Å². The molecule has 1 unspecified atom stereocenters. The van der Waals surface area contributed by atoms with E-state index in [4.69, 9.17) is 4.74 Å². The maximum Gasteiger partial charge on any atom is 0.111 e. The SMILES string of the molecule is CC/C1=C/C(c2[nH]c3ccc(C4CCN(C5COC5)CC4)cc3c2C(C)C)=C\CCC2N=CN=C12. The van der Waals surface area contributed by atoms with Gasteiger partial charge in [-0.2, -0.15) is 0 Å². The number of likely N-dealkylation sites (tertiary alicyclic amines) is 1. The Morgan fingerprint density at radius 3 is 2.69 bits per heavy atom. The monoisotopic (exact) mass is 470 g/mol. The van der Waals surface area contributed by atoms with Gasteiger partial charge in [0.1, 0.15) is 6.34 Å². The summed E-state index contributed by atoms with van der Waals surface area (Å²) in [6.07, 6.45) is 12.1. The second-order valence-electron chi connectivity index (χ2n) is 10.9. The zero-order valence-corrected chi connectivity index (χ0v) is 21.4.